The lowest BCUT2D eigenvalue weighted by atomic mass is 10.3. The molecule has 1 aromatic carbocycles. The van der Waals surface area contributed by atoms with Gasteiger partial charge in [0.05, 0.1) is 13.2 Å². The zero-order chi connectivity index (χ0) is 14.4. The van der Waals surface area contributed by atoms with Gasteiger partial charge in [-0.2, -0.15) is 0 Å². The van der Waals surface area contributed by atoms with Crippen LogP contribution < -0.4 is 15.4 Å². The molecule has 7 heteroatoms. The van der Waals surface area contributed by atoms with Crippen LogP contribution in [0.3, 0.4) is 0 Å². The largest absolute Gasteiger partial charge is 0.491 e. The molecule has 0 spiro atoms. The van der Waals surface area contributed by atoms with Crippen LogP contribution in [0.25, 0.3) is 0 Å². The molecule has 2 N–H and O–H groups in total. The average Bonchev–Trinajstić information content (AvgIpc) is 2.87. The van der Waals surface area contributed by atoms with Gasteiger partial charge in [0.1, 0.15) is 0 Å². The van der Waals surface area contributed by atoms with Crippen LogP contribution in [0.15, 0.2) is 22.6 Å². The van der Waals surface area contributed by atoms with Gasteiger partial charge in [-0.1, -0.05) is 12.0 Å². The summed E-state index contributed by atoms with van der Waals surface area (Å²) < 4.78 is 24.2. The van der Waals surface area contributed by atoms with Crippen molar-refractivity contribution in [1.82, 2.24) is 15.5 Å². The van der Waals surface area contributed by atoms with E-state index >= 15 is 0 Å². The Bertz CT molecular complexity index is 559. The van der Waals surface area contributed by atoms with E-state index in [0.29, 0.717) is 24.7 Å². The topological polar surface area (TPSA) is 72.2 Å². The third-order valence-electron chi connectivity index (χ3n) is 2.48. The van der Waals surface area contributed by atoms with E-state index in [1.54, 1.807) is 19.1 Å². The third kappa shape index (κ3) is 3.67. The van der Waals surface area contributed by atoms with Crippen LogP contribution in [0.2, 0.25) is 0 Å². The molecule has 0 aliphatic rings. The van der Waals surface area contributed by atoms with Gasteiger partial charge in [0.15, 0.2) is 11.6 Å². The first-order valence-electron chi connectivity index (χ1n) is 6.45. The normalized spacial score (nSPS) is 10.6. The fraction of sp³-hybridized carbons (Fsp3) is 0.385. The summed E-state index contributed by atoms with van der Waals surface area (Å²) in [5.74, 6) is 0.251. The van der Waals surface area contributed by atoms with Gasteiger partial charge in [0, 0.05) is 11.8 Å². The van der Waals surface area contributed by atoms with Crippen LogP contribution in [0.5, 0.6) is 5.75 Å². The molecule has 0 aliphatic carbocycles. The number of hydrogen-bond donors (Lipinski definition) is 2. The van der Waals surface area contributed by atoms with Crippen molar-refractivity contribution in [2.45, 2.75) is 20.4 Å². The van der Waals surface area contributed by atoms with E-state index in [0.717, 1.165) is 6.54 Å². The molecule has 0 amide bonds. The Morgan fingerprint density at radius 1 is 1.30 bits per heavy atom. The highest BCUT2D eigenvalue weighted by Crippen LogP contribution is 2.23. The lowest BCUT2D eigenvalue weighted by Gasteiger charge is -2.06. The zero-order valence-corrected chi connectivity index (χ0v) is 11.4. The van der Waals surface area contributed by atoms with Crippen molar-refractivity contribution in [1.29, 1.82) is 0 Å². The van der Waals surface area contributed by atoms with Crippen molar-refractivity contribution >= 4 is 11.7 Å². The van der Waals surface area contributed by atoms with Crippen LogP contribution in [0.1, 0.15) is 19.7 Å². The summed E-state index contributed by atoms with van der Waals surface area (Å²) in [5.41, 5.74) is 0.518. The minimum atomic E-state index is -0.441. The summed E-state index contributed by atoms with van der Waals surface area (Å²) in [5, 5.41) is 13.6. The lowest BCUT2D eigenvalue weighted by Crippen LogP contribution is -2.11. The Balaban J connectivity index is 2.02. The first-order chi connectivity index (χ1) is 9.72. The van der Waals surface area contributed by atoms with E-state index < -0.39 is 5.82 Å². The van der Waals surface area contributed by atoms with Crippen molar-refractivity contribution in [3.8, 4) is 5.75 Å². The molecular formula is C13H17FN4O2. The second kappa shape index (κ2) is 6.85. The molecule has 2 aromatic rings. The van der Waals surface area contributed by atoms with E-state index in [-0.39, 0.29) is 11.8 Å². The van der Waals surface area contributed by atoms with Gasteiger partial charge >= 0.3 is 6.01 Å². The van der Waals surface area contributed by atoms with Gasteiger partial charge in [-0.15, -0.1) is 5.10 Å². The SMILES string of the molecule is CCNCc1nnc(Nc2ccc(OCC)c(F)c2)o1. The van der Waals surface area contributed by atoms with Gasteiger partial charge in [0.2, 0.25) is 5.89 Å². The Hall–Kier alpha value is -2.15. The molecule has 0 atom stereocenters. The lowest BCUT2D eigenvalue weighted by molar-refractivity contribution is 0.321. The van der Waals surface area contributed by atoms with Gasteiger partial charge in [0.25, 0.3) is 0 Å². The van der Waals surface area contributed by atoms with Crippen LogP contribution in [0, 0.1) is 5.82 Å². The van der Waals surface area contributed by atoms with E-state index in [1.165, 1.54) is 6.07 Å². The summed E-state index contributed by atoms with van der Waals surface area (Å²) in [6, 6.07) is 4.78. The Morgan fingerprint density at radius 3 is 2.85 bits per heavy atom. The minimum Gasteiger partial charge on any atom is -0.491 e. The maximum Gasteiger partial charge on any atom is 0.320 e. The summed E-state index contributed by atoms with van der Waals surface area (Å²) >= 11 is 0. The molecule has 20 heavy (non-hydrogen) atoms. The second-order valence-corrected chi connectivity index (χ2v) is 3.98. The molecule has 6 nitrogen and oxygen atoms in total. The van der Waals surface area contributed by atoms with Crippen molar-refractivity contribution in [2.75, 3.05) is 18.5 Å². The molecule has 1 aromatic heterocycles. The molecule has 0 unspecified atom stereocenters. The maximum absolute atomic E-state index is 13.7. The smallest absolute Gasteiger partial charge is 0.320 e. The monoisotopic (exact) mass is 280 g/mol. The predicted octanol–water partition coefficient (Wildman–Crippen LogP) is 2.46. The van der Waals surface area contributed by atoms with Gasteiger partial charge in [-0.05, 0) is 25.6 Å². The Morgan fingerprint density at radius 2 is 2.15 bits per heavy atom. The summed E-state index contributed by atoms with van der Waals surface area (Å²) in [6.07, 6.45) is 0. The van der Waals surface area contributed by atoms with Gasteiger partial charge < -0.3 is 19.8 Å². The summed E-state index contributed by atoms with van der Waals surface area (Å²) in [6.45, 7) is 5.52. The van der Waals surface area contributed by atoms with E-state index in [2.05, 4.69) is 20.8 Å². The minimum absolute atomic E-state index is 0.219. The molecule has 0 saturated carbocycles. The molecule has 0 radical (unpaired) electrons. The summed E-state index contributed by atoms with van der Waals surface area (Å²) in [7, 11) is 0. The fourth-order valence-corrected chi connectivity index (χ4v) is 1.58. The standard InChI is InChI=1S/C13H17FN4O2/c1-3-15-8-12-17-18-13(20-12)16-9-5-6-11(19-4-2)10(14)7-9/h5-7,15H,3-4,8H2,1-2H3,(H,16,18). The highest BCUT2D eigenvalue weighted by Gasteiger charge is 2.08. The van der Waals surface area contributed by atoms with Gasteiger partial charge in [-0.25, -0.2) is 4.39 Å². The first-order valence-corrected chi connectivity index (χ1v) is 6.45. The van der Waals surface area contributed by atoms with Crippen molar-refractivity contribution in [3.63, 3.8) is 0 Å². The Labute approximate surface area is 116 Å². The molecule has 0 aliphatic heterocycles. The van der Waals surface area contributed by atoms with Crippen LogP contribution >= 0.6 is 0 Å². The van der Waals surface area contributed by atoms with Gasteiger partial charge in [-0.3, -0.25) is 0 Å². The number of aromatic nitrogens is 2. The van der Waals surface area contributed by atoms with E-state index in [1.807, 2.05) is 6.92 Å². The molecule has 108 valence electrons. The predicted molar refractivity (Wildman–Crippen MR) is 72.5 cm³/mol. The number of nitrogens with zero attached hydrogens (tertiary/aromatic N) is 2. The maximum atomic E-state index is 13.7. The molecule has 0 fully saturated rings. The van der Waals surface area contributed by atoms with E-state index in [9.17, 15) is 4.39 Å². The molecular weight excluding hydrogens is 263 g/mol. The number of anilines is 2. The number of benzene rings is 1. The van der Waals surface area contributed by atoms with Crippen molar-refractivity contribution in [2.24, 2.45) is 0 Å². The molecule has 0 bridgehead atoms. The molecule has 0 saturated heterocycles. The third-order valence-corrected chi connectivity index (χ3v) is 2.48. The fourth-order valence-electron chi connectivity index (χ4n) is 1.58. The molecule has 2 rings (SSSR count). The van der Waals surface area contributed by atoms with Crippen molar-refractivity contribution in [3.05, 3.63) is 29.9 Å². The quantitative estimate of drug-likeness (QED) is 0.811. The Kier molecular flexibility index (Phi) is 4.89. The zero-order valence-electron chi connectivity index (χ0n) is 11.4. The number of rotatable bonds is 7. The summed E-state index contributed by atoms with van der Waals surface area (Å²) in [4.78, 5) is 0. The highest BCUT2D eigenvalue weighted by molar-refractivity contribution is 5.53. The van der Waals surface area contributed by atoms with E-state index in [4.69, 9.17) is 9.15 Å². The second-order valence-electron chi connectivity index (χ2n) is 3.98. The number of ether oxygens (including phenoxy) is 1. The highest BCUT2D eigenvalue weighted by atomic mass is 19.1. The first kappa shape index (κ1) is 14.3. The van der Waals surface area contributed by atoms with Crippen LogP contribution in [-0.4, -0.2) is 23.3 Å². The molecule has 1 heterocycles. The number of hydrogen-bond acceptors (Lipinski definition) is 6. The number of halogens is 1. The average molecular weight is 280 g/mol. The van der Waals surface area contributed by atoms with Crippen molar-refractivity contribution < 1.29 is 13.5 Å². The number of nitrogens with one attached hydrogen (secondary N) is 2. The van der Waals surface area contributed by atoms with Crippen LogP contribution in [0.4, 0.5) is 16.1 Å². The van der Waals surface area contributed by atoms with Crippen LogP contribution in [-0.2, 0) is 6.54 Å².